The molecule has 1 saturated carbocycles. The molecule has 3 heteroatoms. The van der Waals surface area contributed by atoms with E-state index in [1.165, 1.54) is 32.1 Å². The molecule has 0 radical (unpaired) electrons. The van der Waals surface area contributed by atoms with E-state index in [9.17, 15) is 4.79 Å². The molecule has 0 spiro atoms. The quantitative estimate of drug-likeness (QED) is 0.814. The lowest BCUT2D eigenvalue weighted by molar-refractivity contribution is -0.125. The van der Waals surface area contributed by atoms with Gasteiger partial charge in [0.15, 0.2) is 0 Å². The third-order valence-electron chi connectivity index (χ3n) is 4.65. The number of piperidine rings is 1. The molecule has 2 fully saturated rings. The minimum Gasteiger partial charge on any atom is -0.317 e. The molecular weight excluding hydrogens is 224 g/mol. The zero-order valence-electron chi connectivity index (χ0n) is 11.8. The van der Waals surface area contributed by atoms with E-state index in [1.54, 1.807) is 0 Å². The van der Waals surface area contributed by atoms with E-state index < -0.39 is 0 Å². The summed E-state index contributed by atoms with van der Waals surface area (Å²) in [5.41, 5.74) is 0. The normalized spacial score (nSPS) is 23.4. The van der Waals surface area contributed by atoms with Crippen molar-refractivity contribution >= 4 is 5.78 Å². The maximum absolute atomic E-state index is 12.4. The maximum Gasteiger partial charge on any atom is 0.149 e. The van der Waals surface area contributed by atoms with E-state index in [-0.39, 0.29) is 0 Å². The van der Waals surface area contributed by atoms with Crippen LogP contribution in [0.5, 0.6) is 0 Å². The van der Waals surface area contributed by atoms with E-state index >= 15 is 0 Å². The number of rotatable bonds is 5. The SMILES string of the molecule is CCN(CC(=O)C1CCCCC1)C1CCNCC1. The number of carbonyl (C=O) groups is 1. The Morgan fingerprint density at radius 1 is 1.11 bits per heavy atom. The predicted molar refractivity (Wildman–Crippen MR) is 74.7 cm³/mol. The first-order chi connectivity index (χ1) is 8.81. The van der Waals surface area contributed by atoms with Crippen LogP contribution in [0.15, 0.2) is 0 Å². The molecule has 0 aromatic heterocycles. The number of hydrogen-bond acceptors (Lipinski definition) is 3. The van der Waals surface area contributed by atoms with Crippen molar-refractivity contribution in [2.45, 2.75) is 57.9 Å². The summed E-state index contributed by atoms with van der Waals surface area (Å²) in [4.78, 5) is 14.8. The average molecular weight is 252 g/mol. The van der Waals surface area contributed by atoms with E-state index in [4.69, 9.17) is 0 Å². The van der Waals surface area contributed by atoms with Crippen LogP contribution in [0.4, 0.5) is 0 Å². The molecule has 1 aliphatic carbocycles. The third kappa shape index (κ3) is 3.79. The molecule has 3 nitrogen and oxygen atoms in total. The second-order valence-corrected chi connectivity index (χ2v) is 5.85. The van der Waals surface area contributed by atoms with Crippen LogP contribution in [0.1, 0.15) is 51.9 Å². The molecule has 0 aromatic rings. The van der Waals surface area contributed by atoms with Crippen molar-refractivity contribution in [3.05, 3.63) is 0 Å². The largest absolute Gasteiger partial charge is 0.317 e. The molecule has 18 heavy (non-hydrogen) atoms. The maximum atomic E-state index is 12.4. The van der Waals surface area contributed by atoms with Crippen molar-refractivity contribution in [2.75, 3.05) is 26.2 Å². The Hall–Kier alpha value is -0.410. The summed E-state index contributed by atoms with van der Waals surface area (Å²) in [6.45, 7) is 6.13. The Bertz CT molecular complexity index is 255. The second-order valence-electron chi connectivity index (χ2n) is 5.85. The molecule has 1 saturated heterocycles. The molecule has 104 valence electrons. The van der Waals surface area contributed by atoms with Gasteiger partial charge < -0.3 is 5.32 Å². The fourth-order valence-electron chi connectivity index (χ4n) is 3.42. The molecule has 0 aromatic carbocycles. The molecule has 2 aliphatic rings. The molecule has 0 atom stereocenters. The van der Waals surface area contributed by atoms with Crippen molar-refractivity contribution in [1.82, 2.24) is 10.2 Å². The van der Waals surface area contributed by atoms with Gasteiger partial charge in [-0.25, -0.2) is 0 Å². The van der Waals surface area contributed by atoms with Gasteiger partial charge in [-0.1, -0.05) is 26.2 Å². The van der Waals surface area contributed by atoms with Gasteiger partial charge in [0.25, 0.3) is 0 Å². The standard InChI is InChI=1S/C15H28N2O/c1-2-17(14-8-10-16-11-9-14)12-15(18)13-6-4-3-5-7-13/h13-14,16H,2-12H2,1H3. The van der Waals surface area contributed by atoms with Crippen LogP contribution in [-0.4, -0.2) is 42.9 Å². The van der Waals surface area contributed by atoms with Crippen molar-refractivity contribution < 1.29 is 4.79 Å². The molecule has 2 rings (SSSR count). The Morgan fingerprint density at radius 2 is 1.78 bits per heavy atom. The minimum absolute atomic E-state index is 0.370. The number of Topliss-reactive ketones (excluding diaryl/α,β-unsaturated/α-hetero) is 1. The Labute approximate surface area is 111 Å². The molecule has 1 heterocycles. The van der Waals surface area contributed by atoms with E-state index in [2.05, 4.69) is 17.1 Å². The Morgan fingerprint density at radius 3 is 2.39 bits per heavy atom. The summed E-state index contributed by atoms with van der Waals surface area (Å²) in [6, 6.07) is 0.629. The fraction of sp³-hybridized carbons (Fsp3) is 0.933. The summed E-state index contributed by atoms with van der Waals surface area (Å²) in [5.74, 6) is 0.879. The van der Waals surface area contributed by atoms with Gasteiger partial charge in [-0.3, -0.25) is 9.69 Å². The van der Waals surface area contributed by atoms with E-state index in [1.807, 2.05) is 0 Å². The van der Waals surface area contributed by atoms with Crippen LogP contribution in [0.25, 0.3) is 0 Å². The van der Waals surface area contributed by atoms with Gasteiger partial charge in [0.1, 0.15) is 5.78 Å². The van der Waals surface area contributed by atoms with Crippen LogP contribution in [-0.2, 0) is 4.79 Å². The highest BCUT2D eigenvalue weighted by Crippen LogP contribution is 2.25. The number of likely N-dealkylation sites (N-methyl/N-ethyl adjacent to an activating group) is 1. The van der Waals surface area contributed by atoms with Crippen LogP contribution in [0, 0.1) is 5.92 Å². The van der Waals surface area contributed by atoms with Crippen LogP contribution in [0.2, 0.25) is 0 Å². The summed E-state index contributed by atoms with van der Waals surface area (Å²) in [7, 11) is 0. The zero-order chi connectivity index (χ0) is 12.8. The van der Waals surface area contributed by atoms with Crippen LogP contribution in [0.3, 0.4) is 0 Å². The molecule has 1 aliphatic heterocycles. The van der Waals surface area contributed by atoms with Gasteiger partial charge in [-0.2, -0.15) is 0 Å². The Balaban J connectivity index is 1.82. The molecule has 0 unspecified atom stereocenters. The van der Waals surface area contributed by atoms with E-state index in [0.717, 1.165) is 32.5 Å². The highest BCUT2D eigenvalue weighted by molar-refractivity contribution is 5.83. The number of nitrogens with zero attached hydrogens (tertiary/aromatic N) is 1. The molecule has 1 N–H and O–H groups in total. The summed E-state index contributed by atoms with van der Waals surface area (Å²) >= 11 is 0. The van der Waals surface area contributed by atoms with Gasteiger partial charge in [0, 0.05) is 12.0 Å². The lowest BCUT2D eigenvalue weighted by Crippen LogP contribution is -2.46. The monoisotopic (exact) mass is 252 g/mol. The van der Waals surface area contributed by atoms with Crippen LogP contribution < -0.4 is 5.32 Å². The highest BCUT2D eigenvalue weighted by Gasteiger charge is 2.26. The number of ketones is 1. The molecule has 0 amide bonds. The van der Waals surface area contributed by atoms with Gasteiger partial charge in [0.2, 0.25) is 0 Å². The lowest BCUT2D eigenvalue weighted by Gasteiger charge is -2.34. The van der Waals surface area contributed by atoms with Crippen molar-refractivity contribution in [2.24, 2.45) is 5.92 Å². The highest BCUT2D eigenvalue weighted by atomic mass is 16.1. The van der Waals surface area contributed by atoms with Gasteiger partial charge >= 0.3 is 0 Å². The molecule has 0 bridgehead atoms. The summed E-state index contributed by atoms with van der Waals surface area (Å²) < 4.78 is 0. The fourth-order valence-corrected chi connectivity index (χ4v) is 3.42. The van der Waals surface area contributed by atoms with Crippen LogP contribution >= 0.6 is 0 Å². The Kier molecular flexibility index (Phi) is 5.64. The smallest absolute Gasteiger partial charge is 0.149 e. The average Bonchev–Trinajstić information content (AvgIpc) is 2.46. The van der Waals surface area contributed by atoms with Gasteiger partial charge in [0.05, 0.1) is 6.54 Å². The van der Waals surface area contributed by atoms with Gasteiger partial charge in [-0.15, -0.1) is 0 Å². The second kappa shape index (κ2) is 7.25. The lowest BCUT2D eigenvalue weighted by atomic mass is 9.86. The molecular formula is C15H28N2O. The van der Waals surface area contributed by atoms with Crippen molar-refractivity contribution in [1.29, 1.82) is 0 Å². The van der Waals surface area contributed by atoms with E-state index in [0.29, 0.717) is 24.3 Å². The number of hydrogen-bond donors (Lipinski definition) is 1. The third-order valence-corrected chi connectivity index (χ3v) is 4.65. The zero-order valence-corrected chi connectivity index (χ0v) is 11.8. The summed E-state index contributed by atoms with van der Waals surface area (Å²) in [6.07, 6.45) is 8.53. The van der Waals surface area contributed by atoms with Crippen molar-refractivity contribution in [3.63, 3.8) is 0 Å². The topological polar surface area (TPSA) is 32.3 Å². The van der Waals surface area contributed by atoms with Crippen molar-refractivity contribution in [3.8, 4) is 0 Å². The predicted octanol–water partition coefficient (Wildman–Crippen LogP) is 2.21. The minimum atomic E-state index is 0.370. The first-order valence-corrected chi connectivity index (χ1v) is 7.78. The first-order valence-electron chi connectivity index (χ1n) is 7.78. The summed E-state index contributed by atoms with van der Waals surface area (Å²) in [5, 5.41) is 3.40. The van der Waals surface area contributed by atoms with Gasteiger partial charge in [-0.05, 0) is 45.3 Å². The number of nitrogens with one attached hydrogen (secondary N) is 1. The number of carbonyl (C=O) groups excluding carboxylic acids is 1. The first kappa shape index (κ1) is 14.0.